The molecule has 0 aliphatic carbocycles. The topological polar surface area (TPSA) is 79.8 Å². The summed E-state index contributed by atoms with van der Waals surface area (Å²) < 4.78 is 10.3. The summed E-state index contributed by atoms with van der Waals surface area (Å²) in [4.78, 5) is 12.1. The monoisotopic (exact) mass is 280 g/mol. The van der Waals surface area contributed by atoms with Crippen molar-refractivity contribution < 1.29 is 19.4 Å². The minimum atomic E-state index is -0.862. The Morgan fingerprint density at radius 1 is 1.35 bits per heavy atom. The van der Waals surface area contributed by atoms with E-state index < -0.39 is 5.60 Å². The van der Waals surface area contributed by atoms with Gasteiger partial charge in [0, 0.05) is 24.7 Å². The fraction of sp³-hybridized carbons (Fsp3) is 0.500. The number of rotatable bonds is 5. The minimum absolute atomic E-state index is 0.221. The first kappa shape index (κ1) is 14.6. The van der Waals surface area contributed by atoms with Gasteiger partial charge in [-0.2, -0.15) is 0 Å². The number of hydrogen-bond donors (Lipinski definition) is 3. The van der Waals surface area contributed by atoms with Crippen LogP contribution < -0.4 is 20.1 Å². The van der Waals surface area contributed by atoms with Crippen LogP contribution in [0.25, 0.3) is 0 Å². The third kappa shape index (κ3) is 3.40. The normalized spacial score (nSPS) is 21.6. The molecule has 1 saturated heterocycles. The van der Waals surface area contributed by atoms with E-state index in [0.717, 1.165) is 6.54 Å². The second-order valence-corrected chi connectivity index (χ2v) is 4.94. The Labute approximate surface area is 118 Å². The molecule has 0 bridgehead atoms. The summed E-state index contributed by atoms with van der Waals surface area (Å²) in [7, 11) is 3.06. The summed E-state index contributed by atoms with van der Waals surface area (Å²) in [5.74, 6) is 0.842. The van der Waals surface area contributed by atoms with E-state index in [1.165, 1.54) is 14.2 Å². The van der Waals surface area contributed by atoms with Crippen molar-refractivity contribution >= 4 is 5.91 Å². The fourth-order valence-corrected chi connectivity index (χ4v) is 2.17. The zero-order valence-electron chi connectivity index (χ0n) is 11.7. The molecule has 1 unspecified atom stereocenters. The SMILES string of the molecule is COc1cc(OC)cc(C(=O)NCC2(O)CCNC2)c1. The quantitative estimate of drug-likeness (QED) is 0.716. The first-order chi connectivity index (χ1) is 9.56. The average Bonchev–Trinajstić information content (AvgIpc) is 2.91. The second kappa shape index (κ2) is 6.11. The fourth-order valence-electron chi connectivity index (χ4n) is 2.17. The van der Waals surface area contributed by atoms with Gasteiger partial charge in [-0.1, -0.05) is 0 Å². The van der Waals surface area contributed by atoms with Gasteiger partial charge < -0.3 is 25.2 Å². The van der Waals surface area contributed by atoms with E-state index in [0.29, 0.717) is 30.0 Å². The maximum atomic E-state index is 12.1. The summed E-state index contributed by atoms with van der Waals surface area (Å²) in [6.45, 7) is 1.48. The molecule has 1 heterocycles. The van der Waals surface area contributed by atoms with Crippen LogP contribution in [0.3, 0.4) is 0 Å². The lowest BCUT2D eigenvalue weighted by Gasteiger charge is -2.21. The number of β-amino-alcohol motifs (C(OH)–C–C–N with tert-alkyl or cyclic N) is 1. The number of benzene rings is 1. The number of amides is 1. The summed E-state index contributed by atoms with van der Waals surface area (Å²) in [6.07, 6.45) is 0.634. The number of hydrogen-bond acceptors (Lipinski definition) is 5. The van der Waals surface area contributed by atoms with Crippen LogP contribution >= 0.6 is 0 Å². The zero-order valence-corrected chi connectivity index (χ0v) is 11.7. The predicted octanol–water partition coefficient (Wildman–Crippen LogP) is 0.158. The van der Waals surface area contributed by atoms with E-state index in [1.54, 1.807) is 18.2 Å². The van der Waals surface area contributed by atoms with Gasteiger partial charge in [-0.3, -0.25) is 4.79 Å². The minimum Gasteiger partial charge on any atom is -0.497 e. The molecule has 0 radical (unpaired) electrons. The Kier molecular flexibility index (Phi) is 4.46. The van der Waals surface area contributed by atoms with Gasteiger partial charge >= 0.3 is 0 Å². The van der Waals surface area contributed by atoms with Crippen LogP contribution in [0.1, 0.15) is 16.8 Å². The highest BCUT2D eigenvalue weighted by Gasteiger charge is 2.31. The van der Waals surface area contributed by atoms with Crippen molar-refractivity contribution in [2.75, 3.05) is 33.9 Å². The van der Waals surface area contributed by atoms with Crippen molar-refractivity contribution in [1.82, 2.24) is 10.6 Å². The van der Waals surface area contributed by atoms with Gasteiger partial charge in [0.25, 0.3) is 5.91 Å². The number of carbonyl (C=O) groups excluding carboxylic acids is 1. The van der Waals surface area contributed by atoms with Crippen LogP contribution in [-0.2, 0) is 0 Å². The van der Waals surface area contributed by atoms with Crippen LogP contribution in [0.4, 0.5) is 0 Å². The lowest BCUT2D eigenvalue weighted by molar-refractivity contribution is 0.0561. The molecule has 1 fully saturated rings. The molecule has 3 N–H and O–H groups in total. The maximum absolute atomic E-state index is 12.1. The molecule has 1 aliphatic rings. The molecule has 0 aromatic heterocycles. The van der Waals surface area contributed by atoms with E-state index in [2.05, 4.69) is 10.6 Å². The third-order valence-electron chi connectivity index (χ3n) is 3.41. The Hall–Kier alpha value is -1.79. The van der Waals surface area contributed by atoms with Crippen molar-refractivity contribution in [3.63, 3.8) is 0 Å². The van der Waals surface area contributed by atoms with Gasteiger partial charge in [0.1, 0.15) is 11.5 Å². The maximum Gasteiger partial charge on any atom is 0.251 e. The number of nitrogens with one attached hydrogen (secondary N) is 2. The molecule has 1 atom stereocenters. The molecular formula is C14H20N2O4. The lowest BCUT2D eigenvalue weighted by atomic mass is 10.0. The Morgan fingerprint density at radius 2 is 2.00 bits per heavy atom. The summed E-state index contributed by atoms with van der Waals surface area (Å²) in [6, 6.07) is 4.97. The molecular weight excluding hydrogens is 260 g/mol. The molecule has 110 valence electrons. The standard InChI is InChI=1S/C14H20N2O4/c1-19-11-5-10(6-12(7-11)20-2)13(17)16-9-14(18)3-4-15-8-14/h5-7,15,18H,3-4,8-9H2,1-2H3,(H,16,17). The van der Waals surface area contributed by atoms with Gasteiger partial charge in [0.15, 0.2) is 0 Å². The van der Waals surface area contributed by atoms with Gasteiger partial charge in [0.05, 0.1) is 19.8 Å². The van der Waals surface area contributed by atoms with Crippen molar-refractivity contribution in [1.29, 1.82) is 0 Å². The summed E-state index contributed by atoms with van der Waals surface area (Å²) in [5.41, 5.74) is -0.422. The second-order valence-electron chi connectivity index (χ2n) is 4.94. The molecule has 2 rings (SSSR count). The Balaban J connectivity index is 2.04. The summed E-state index contributed by atoms with van der Waals surface area (Å²) in [5, 5.41) is 16.0. The molecule has 0 saturated carbocycles. The van der Waals surface area contributed by atoms with Crippen LogP contribution in [0.2, 0.25) is 0 Å². The van der Waals surface area contributed by atoms with Crippen molar-refractivity contribution in [2.45, 2.75) is 12.0 Å². The van der Waals surface area contributed by atoms with Crippen molar-refractivity contribution in [2.24, 2.45) is 0 Å². The van der Waals surface area contributed by atoms with Crippen LogP contribution in [0.15, 0.2) is 18.2 Å². The largest absolute Gasteiger partial charge is 0.497 e. The molecule has 6 heteroatoms. The molecule has 1 aromatic rings. The Morgan fingerprint density at radius 3 is 2.50 bits per heavy atom. The van der Waals surface area contributed by atoms with E-state index >= 15 is 0 Å². The average molecular weight is 280 g/mol. The molecule has 1 aromatic carbocycles. The number of aliphatic hydroxyl groups is 1. The van der Waals surface area contributed by atoms with Gasteiger partial charge in [0.2, 0.25) is 0 Å². The third-order valence-corrected chi connectivity index (χ3v) is 3.41. The highest BCUT2D eigenvalue weighted by Crippen LogP contribution is 2.22. The molecule has 1 aliphatic heterocycles. The highest BCUT2D eigenvalue weighted by molar-refractivity contribution is 5.95. The van der Waals surface area contributed by atoms with E-state index in [-0.39, 0.29) is 12.5 Å². The molecule has 6 nitrogen and oxygen atoms in total. The number of carbonyl (C=O) groups is 1. The van der Waals surface area contributed by atoms with Gasteiger partial charge in [-0.05, 0) is 25.1 Å². The first-order valence-corrected chi connectivity index (χ1v) is 6.51. The van der Waals surface area contributed by atoms with Crippen LogP contribution in [-0.4, -0.2) is 50.5 Å². The first-order valence-electron chi connectivity index (χ1n) is 6.51. The Bertz CT molecular complexity index is 462. The van der Waals surface area contributed by atoms with Crippen LogP contribution in [0, 0.1) is 0 Å². The van der Waals surface area contributed by atoms with Crippen molar-refractivity contribution in [3.8, 4) is 11.5 Å². The van der Waals surface area contributed by atoms with Gasteiger partial charge in [-0.25, -0.2) is 0 Å². The molecule has 1 amide bonds. The molecule has 20 heavy (non-hydrogen) atoms. The summed E-state index contributed by atoms with van der Waals surface area (Å²) >= 11 is 0. The zero-order chi connectivity index (χ0) is 14.6. The van der Waals surface area contributed by atoms with E-state index in [4.69, 9.17) is 9.47 Å². The van der Waals surface area contributed by atoms with Crippen LogP contribution in [0.5, 0.6) is 11.5 Å². The molecule has 0 spiro atoms. The van der Waals surface area contributed by atoms with Crippen molar-refractivity contribution in [3.05, 3.63) is 23.8 Å². The highest BCUT2D eigenvalue weighted by atomic mass is 16.5. The lowest BCUT2D eigenvalue weighted by Crippen LogP contribution is -2.44. The smallest absolute Gasteiger partial charge is 0.251 e. The van der Waals surface area contributed by atoms with Gasteiger partial charge in [-0.15, -0.1) is 0 Å². The van der Waals surface area contributed by atoms with E-state index in [1.807, 2.05) is 0 Å². The number of methoxy groups -OCH3 is 2. The number of ether oxygens (including phenoxy) is 2. The predicted molar refractivity (Wildman–Crippen MR) is 74.3 cm³/mol. The van der Waals surface area contributed by atoms with E-state index in [9.17, 15) is 9.90 Å².